The molecule has 2 aromatic heterocycles. The second-order valence-corrected chi connectivity index (χ2v) is 9.34. The Morgan fingerprint density at radius 2 is 1.83 bits per heavy atom. The van der Waals surface area contributed by atoms with Crippen LogP contribution in [0.1, 0.15) is 43.9 Å². The zero-order valence-corrected chi connectivity index (χ0v) is 21.0. The van der Waals surface area contributed by atoms with Gasteiger partial charge in [0.15, 0.2) is 11.5 Å². The molecule has 36 heavy (non-hydrogen) atoms. The first-order chi connectivity index (χ1) is 17.2. The largest absolute Gasteiger partial charge is 0.493 e. The molecule has 3 aromatic rings. The van der Waals surface area contributed by atoms with Crippen molar-refractivity contribution < 1.29 is 27.3 Å². The second-order valence-electron chi connectivity index (χ2n) is 7.88. The van der Waals surface area contributed by atoms with Crippen molar-refractivity contribution in [1.82, 2.24) is 14.5 Å². The van der Waals surface area contributed by atoms with Crippen molar-refractivity contribution in [2.24, 2.45) is 0 Å². The smallest absolute Gasteiger partial charge is 0.280 e. The third-order valence-corrected chi connectivity index (χ3v) is 6.66. The highest BCUT2D eigenvalue weighted by Crippen LogP contribution is 2.28. The molecule has 0 N–H and O–H groups in total. The van der Waals surface area contributed by atoms with Gasteiger partial charge in [0.2, 0.25) is 5.16 Å². The van der Waals surface area contributed by atoms with E-state index < -0.39 is 22.9 Å². The number of aromatic nitrogens is 3. The van der Waals surface area contributed by atoms with Crippen molar-refractivity contribution >= 4 is 16.6 Å². The van der Waals surface area contributed by atoms with Crippen LogP contribution in [0.5, 0.6) is 11.5 Å². The van der Waals surface area contributed by atoms with Gasteiger partial charge in [-0.2, -0.15) is 0 Å². The number of methoxy groups -OCH3 is 2. The van der Waals surface area contributed by atoms with E-state index in [1.807, 2.05) is 0 Å². The molecule has 0 saturated carbocycles. The van der Waals surface area contributed by atoms with Crippen LogP contribution in [0.2, 0.25) is 0 Å². The molecule has 0 aliphatic rings. The number of benzene rings is 1. The molecule has 0 spiro atoms. The van der Waals surface area contributed by atoms with E-state index in [-0.39, 0.29) is 40.9 Å². The number of carbonyl (C=O) groups is 1. The number of hydrogen-bond donors (Lipinski definition) is 0. The number of ketones is 1. The van der Waals surface area contributed by atoms with Crippen LogP contribution in [0, 0.1) is 0 Å². The number of carbonyl (C=O) groups excluding carboxylic acids is 1. The number of halogens is 2. The lowest BCUT2D eigenvalue weighted by atomic mass is 10.1. The molecule has 0 radical (unpaired) electrons. The van der Waals surface area contributed by atoms with E-state index >= 15 is 0 Å². The summed E-state index contributed by atoms with van der Waals surface area (Å²) >= 11 is 0. The van der Waals surface area contributed by atoms with Gasteiger partial charge in [-0.3, -0.25) is 13.8 Å². The Kier molecular flexibility index (Phi) is 9.40. The Bertz CT molecular complexity index is 1310. The summed E-state index contributed by atoms with van der Waals surface area (Å²) in [5.41, 5.74) is 0.395. The molecule has 1 aromatic carbocycles. The topological polar surface area (TPSA) is 100 Å². The molecule has 11 heteroatoms. The van der Waals surface area contributed by atoms with Crippen molar-refractivity contribution in [3.8, 4) is 22.8 Å². The van der Waals surface area contributed by atoms with Gasteiger partial charge in [-0.05, 0) is 36.2 Å². The predicted molar refractivity (Wildman–Crippen MR) is 131 cm³/mol. The maximum absolute atomic E-state index is 13.6. The number of alkyl halides is 2. The van der Waals surface area contributed by atoms with Gasteiger partial charge in [0, 0.05) is 36.4 Å². The van der Waals surface area contributed by atoms with E-state index in [1.54, 1.807) is 25.1 Å². The number of nitrogens with zero attached hydrogens (tertiary/aromatic N) is 3. The molecular weight excluding hydrogens is 492 g/mol. The van der Waals surface area contributed by atoms with Crippen LogP contribution >= 0.6 is 0 Å². The number of hydrogen-bond acceptors (Lipinski definition) is 7. The third kappa shape index (κ3) is 6.81. The first kappa shape index (κ1) is 27.1. The summed E-state index contributed by atoms with van der Waals surface area (Å²) in [6.45, 7) is 1.93. The molecule has 2 heterocycles. The number of Topliss-reactive ketones (excluding diaryl/α,β-unsaturated/α-hetero) is 1. The monoisotopic (exact) mass is 519 g/mol. The van der Waals surface area contributed by atoms with Crippen LogP contribution in [0.4, 0.5) is 8.78 Å². The second kappa shape index (κ2) is 12.5. The molecule has 1 unspecified atom stereocenters. The number of ether oxygens (including phenoxy) is 2. The Hall–Kier alpha value is -3.47. The van der Waals surface area contributed by atoms with Crippen LogP contribution in [0.3, 0.4) is 0 Å². The summed E-state index contributed by atoms with van der Waals surface area (Å²) in [5, 5.41) is -0.232. The Morgan fingerprint density at radius 3 is 2.50 bits per heavy atom. The molecule has 1 atom stereocenters. The summed E-state index contributed by atoms with van der Waals surface area (Å²) in [5.74, 6) is 1.16. The van der Waals surface area contributed by atoms with Gasteiger partial charge in [-0.15, -0.1) is 0 Å². The van der Waals surface area contributed by atoms with Crippen molar-refractivity contribution in [2.45, 2.75) is 44.3 Å². The lowest BCUT2D eigenvalue weighted by Crippen LogP contribution is -2.19. The van der Waals surface area contributed by atoms with Gasteiger partial charge in [0.25, 0.3) is 12.0 Å². The maximum atomic E-state index is 13.6. The summed E-state index contributed by atoms with van der Waals surface area (Å²) in [7, 11) is 1.26. The zero-order valence-electron chi connectivity index (χ0n) is 20.2. The van der Waals surface area contributed by atoms with E-state index in [1.165, 1.54) is 37.1 Å². The molecule has 0 saturated heterocycles. The van der Waals surface area contributed by atoms with Crippen LogP contribution in [0.15, 0.2) is 52.5 Å². The van der Waals surface area contributed by atoms with Crippen molar-refractivity contribution in [1.29, 1.82) is 0 Å². The van der Waals surface area contributed by atoms with E-state index in [0.29, 0.717) is 29.9 Å². The van der Waals surface area contributed by atoms with E-state index in [9.17, 15) is 22.6 Å². The fourth-order valence-electron chi connectivity index (χ4n) is 3.46. The lowest BCUT2D eigenvalue weighted by molar-refractivity contribution is -0.118. The lowest BCUT2D eigenvalue weighted by Gasteiger charge is -2.12. The fraction of sp³-hybridized carbons (Fsp3) is 0.360. The predicted octanol–water partition coefficient (Wildman–Crippen LogP) is 4.18. The summed E-state index contributed by atoms with van der Waals surface area (Å²) < 4.78 is 51.8. The molecule has 0 aliphatic carbocycles. The fourth-order valence-corrected chi connectivity index (χ4v) is 4.45. The number of pyridine rings is 1. The van der Waals surface area contributed by atoms with Gasteiger partial charge in [0.1, 0.15) is 11.5 Å². The molecular formula is C25H27F2N3O5S. The molecule has 0 aliphatic heterocycles. The average Bonchev–Trinajstić information content (AvgIpc) is 2.89. The van der Waals surface area contributed by atoms with E-state index in [0.717, 1.165) is 11.6 Å². The zero-order chi connectivity index (χ0) is 26.2. The van der Waals surface area contributed by atoms with Crippen molar-refractivity contribution in [3.63, 3.8) is 0 Å². The maximum Gasteiger partial charge on any atom is 0.280 e. The van der Waals surface area contributed by atoms with Crippen molar-refractivity contribution in [3.05, 3.63) is 64.2 Å². The summed E-state index contributed by atoms with van der Waals surface area (Å²) in [4.78, 5) is 32.0. The van der Waals surface area contributed by atoms with E-state index in [4.69, 9.17) is 9.47 Å². The molecule has 8 nitrogen and oxygen atoms in total. The average molecular weight is 520 g/mol. The summed E-state index contributed by atoms with van der Waals surface area (Å²) in [6, 6.07) is 9.14. The first-order valence-corrected chi connectivity index (χ1v) is 12.6. The standard InChI is InChI=1S/C25H27F2N3O5S/c1-4-18(31)6-5-11-36(33)25-28-19(13-20(29-25)24(26)27)17-8-10-23(32)30(15-17)14-16-7-9-21(34-2)22(12-16)35-3/h7-10,12-13,15,24H,4-6,11,14H2,1-3H3. The van der Waals surface area contributed by atoms with Crippen LogP contribution in [0.25, 0.3) is 11.3 Å². The minimum Gasteiger partial charge on any atom is -0.493 e. The Morgan fingerprint density at radius 1 is 1.08 bits per heavy atom. The normalized spacial score (nSPS) is 11.9. The SMILES string of the molecule is CCC(=O)CCCS(=O)c1nc(-c2ccc(=O)n(Cc3ccc(OC)c(OC)c3)c2)cc(C(F)F)n1. The molecule has 0 amide bonds. The first-order valence-electron chi connectivity index (χ1n) is 11.2. The van der Waals surface area contributed by atoms with Gasteiger partial charge < -0.3 is 14.0 Å². The number of rotatable bonds is 12. The minimum absolute atomic E-state index is 0.0340. The van der Waals surface area contributed by atoms with Crippen LogP contribution in [-0.2, 0) is 22.1 Å². The molecule has 3 rings (SSSR count). The van der Waals surface area contributed by atoms with Gasteiger partial charge >= 0.3 is 0 Å². The summed E-state index contributed by atoms with van der Waals surface area (Å²) in [6.07, 6.45) is -0.421. The quantitative estimate of drug-likeness (QED) is 0.331. The molecule has 0 bridgehead atoms. The molecule has 192 valence electrons. The minimum atomic E-state index is -2.90. The highest BCUT2D eigenvalue weighted by Gasteiger charge is 2.18. The molecule has 0 fully saturated rings. The van der Waals surface area contributed by atoms with Gasteiger partial charge in [0.05, 0.1) is 37.3 Å². The third-order valence-electron chi connectivity index (χ3n) is 5.41. The Balaban J connectivity index is 1.93. The van der Waals surface area contributed by atoms with Gasteiger partial charge in [-0.1, -0.05) is 13.0 Å². The highest BCUT2D eigenvalue weighted by atomic mass is 32.2. The Labute approximate surface area is 209 Å². The van der Waals surface area contributed by atoms with Crippen molar-refractivity contribution in [2.75, 3.05) is 20.0 Å². The van der Waals surface area contributed by atoms with E-state index in [2.05, 4.69) is 9.97 Å². The van der Waals surface area contributed by atoms with Crippen LogP contribution in [-0.4, -0.2) is 44.5 Å². The highest BCUT2D eigenvalue weighted by molar-refractivity contribution is 7.84. The van der Waals surface area contributed by atoms with Crippen LogP contribution < -0.4 is 15.0 Å². The van der Waals surface area contributed by atoms with Gasteiger partial charge in [-0.25, -0.2) is 18.7 Å².